The molecule has 0 aromatic rings. The van der Waals surface area contributed by atoms with E-state index in [1.165, 1.54) is 0 Å². The van der Waals surface area contributed by atoms with Gasteiger partial charge in [0.1, 0.15) is 6.04 Å². The van der Waals surface area contributed by atoms with Crippen LogP contribution >= 0.6 is 11.8 Å². The van der Waals surface area contributed by atoms with Crippen molar-refractivity contribution in [2.45, 2.75) is 38.8 Å². The van der Waals surface area contributed by atoms with Crippen LogP contribution < -0.4 is 10.6 Å². The number of thioether (sulfide) groups is 1. The fraction of sp³-hybridized carbons (Fsp3) is 0.800. The third-order valence-electron chi connectivity index (χ3n) is 1.70. The van der Waals surface area contributed by atoms with E-state index in [9.17, 15) is 9.59 Å². The van der Waals surface area contributed by atoms with Gasteiger partial charge >= 0.3 is 12.0 Å². The monoisotopic (exact) mass is 248 g/mol. The van der Waals surface area contributed by atoms with E-state index >= 15 is 0 Å². The molecule has 0 aromatic carbocycles. The summed E-state index contributed by atoms with van der Waals surface area (Å²) in [6.07, 6.45) is 2.32. The van der Waals surface area contributed by atoms with Crippen LogP contribution in [0.1, 0.15) is 27.2 Å². The lowest BCUT2D eigenvalue weighted by molar-refractivity contribution is -0.139. The SMILES string of the molecule is CSCC[C@H](NC(=O)NC(C)(C)C)C(=O)O. The van der Waals surface area contributed by atoms with Gasteiger partial charge < -0.3 is 15.7 Å². The predicted molar refractivity (Wildman–Crippen MR) is 65.8 cm³/mol. The third-order valence-corrected chi connectivity index (χ3v) is 2.35. The summed E-state index contributed by atoms with van der Waals surface area (Å²) in [7, 11) is 0. The van der Waals surface area contributed by atoms with Gasteiger partial charge in [-0.1, -0.05) is 0 Å². The van der Waals surface area contributed by atoms with Crippen LogP contribution in [0.2, 0.25) is 0 Å². The number of carbonyl (C=O) groups is 2. The lowest BCUT2D eigenvalue weighted by Crippen LogP contribution is -2.51. The molecule has 0 fully saturated rings. The van der Waals surface area contributed by atoms with E-state index < -0.39 is 18.0 Å². The number of carboxylic acid groups (broad SMARTS) is 1. The van der Waals surface area contributed by atoms with Gasteiger partial charge in [-0.05, 0) is 39.2 Å². The van der Waals surface area contributed by atoms with Crippen molar-refractivity contribution in [2.75, 3.05) is 12.0 Å². The second-order valence-electron chi connectivity index (χ2n) is 4.52. The Hall–Kier alpha value is -0.910. The molecule has 0 aromatic heterocycles. The van der Waals surface area contributed by atoms with E-state index in [-0.39, 0.29) is 5.54 Å². The van der Waals surface area contributed by atoms with Crippen LogP contribution in [0.3, 0.4) is 0 Å². The van der Waals surface area contributed by atoms with Crippen LogP contribution in [-0.2, 0) is 4.79 Å². The summed E-state index contributed by atoms with van der Waals surface area (Å²) >= 11 is 1.55. The maximum atomic E-state index is 11.4. The van der Waals surface area contributed by atoms with Gasteiger partial charge in [0.2, 0.25) is 0 Å². The second kappa shape index (κ2) is 6.62. The predicted octanol–water partition coefficient (Wildman–Crippen LogP) is 1.29. The summed E-state index contributed by atoms with van der Waals surface area (Å²) in [5.74, 6) is -0.301. The third kappa shape index (κ3) is 7.39. The first kappa shape index (κ1) is 15.1. The Bertz CT molecular complexity index is 251. The quantitative estimate of drug-likeness (QED) is 0.685. The Morgan fingerprint density at radius 3 is 2.31 bits per heavy atom. The molecule has 3 N–H and O–H groups in total. The van der Waals surface area contributed by atoms with Gasteiger partial charge in [-0.15, -0.1) is 0 Å². The molecule has 0 unspecified atom stereocenters. The van der Waals surface area contributed by atoms with Gasteiger partial charge in [0.15, 0.2) is 0 Å². The molecule has 0 saturated carbocycles. The molecule has 6 heteroatoms. The molecular formula is C10H20N2O3S. The van der Waals surface area contributed by atoms with Crippen molar-refractivity contribution in [3.63, 3.8) is 0 Å². The van der Waals surface area contributed by atoms with Crippen molar-refractivity contribution >= 4 is 23.8 Å². The lowest BCUT2D eigenvalue weighted by atomic mass is 10.1. The zero-order valence-electron chi connectivity index (χ0n) is 10.2. The molecule has 0 aliphatic rings. The number of hydrogen-bond donors (Lipinski definition) is 3. The van der Waals surface area contributed by atoms with Crippen molar-refractivity contribution in [3.05, 3.63) is 0 Å². The maximum absolute atomic E-state index is 11.4. The summed E-state index contributed by atoms with van der Waals surface area (Å²) in [6, 6.07) is -1.27. The zero-order valence-corrected chi connectivity index (χ0v) is 11.0. The van der Waals surface area contributed by atoms with E-state index in [2.05, 4.69) is 10.6 Å². The fourth-order valence-corrected chi connectivity index (χ4v) is 1.50. The molecule has 0 heterocycles. The highest BCUT2D eigenvalue weighted by atomic mass is 32.2. The maximum Gasteiger partial charge on any atom is 0.326 e. The standard InChI is InChI=1S/C10H20N2O3S/c1-10(2,3)12-9(15)11-7(8(13)14)5-6-16-4/h7H,5-6H2,1-4H3,(H,13,14)(H2,11,12,15)/t7-/m0/s1. The number of amides is 2. The number of urea groups is 1. The molecule has 0 spiro atoms. The van der Waals surface area contributed by atoms with Crippen LogP contribution in [0.5, 0.6) is 0 Å². The van der Waals surface area contributed by atoms with Crippen molar-refractivity contribution in [2.24, 2.45) is 0 Å². The minimum Gasteiger partial charge on any atom is -0.480 e. The number of nitrogens with one attached hydrogen (secondary N) is 2. The van der Waals surface area contributed by atoms with Gasteiger partial charge in [-0.2, -0.15) is 11.8 Å². The van der Waals surface area contributed by atoms with Crippen LogP contribution in [0.25, 0.3) is 0 Å². The van der Waals surface area contributed by atoms with Crippen LogP contribution in [-0.4, -0.2) is 40.7 Å². The molecule has 0 saturated heterocycles. The summed E-state index contributed by atoms with van der Waals surface area (Å²) in [6.45, 7) is 5.51. The highest BCUT2D eigenvalue weighted by Crippen LogP contribution is 2.02. The topological polar surface area (TPSA) is 78.4 Å². The van der Waals surface area contributed by atoms with Gasteiger partial charge in [0, 0.05) is 5.54 Å². The highest BCUT2D eigenvalue weighted by Gasteiger charge is 2.21. The fourth-order valence-electron chi connectivity index (χ4n) is 1.03. The van der Waals surface area contributed by atoms with Crippen LogP contribution in [0, 0.1) is 0 Å². The molecule has 0 aliphatic heterocycles. The Morgan fingerprint density at radius 2 is 1.94 bits per heavy atom. The Kier molecular flexibility index (Phi) is 6.25. The first-order chi connectivity index (χ1) is 7.26. The molecule has 5 nitrogen and oxygen atoms in total. The molecule has 2 amide bonds. The Labute approximate surface area is 100 Å². The van der Waals surface area contributed by atoms with E-state index in [1.54, 1.807) is 11.8 Å². The molecule has 0 radical (unpaired) electrons. The molecule has 0 bridgehead atoms. The van der Waals surface area contributed by atoms with E-state index in [0.717, 1.165) is 0 Å². The lowest BCUT2D eigenvalue weighted by Gasteiger charge is -2.22. The second-order valence-corrected chi connectivity index (χ2v) is 5.51. The van der Waals surface area contributed by atoms with Gasteiger partial charge in [0.05, 0.1) is 0 Å². The Balaban J connectivity index is 4.19. The van der Waals surface area contributed by atoms with Crippen molar-refractivity contribution in [1.29, 1.82) is 0 Å². The van der Waals surface area contributed by atoms with Crippen molar-refractivity contribution in [3.8, 4) is 0 Å². The molecule has 0 aliphatic carbocycles. The van der Waals surface area contributed by atoms with Gasteiger partial charge in [-0.25, -0.2) is 9.59 Å². The van der Waals surface area contributed by atoms with E-state index in [0.29, 0.717) is 12.2 Å². The first-order valence-electron chi connectivity index (χ1n) is 5.06. The Morgan fingerprint density at radius 1 is 1.38 bits per heavy atom. The van der Waals surface area contributed by atoms with Gasteiger partial charge in [0.25, 0.3) is 0 Å². The molecule has 0 rings (SSSR count). The van der Waals surface area contributed by atoms with Crippen LogP contribution in [0.15, 0.2) is 0 Å². The average Bonchev–Trinajstić information content (AvgIpc) is 2.08. The average molecular weight is 248 g/mol. The number of hydrogen-bond acceptors (Lipinski definition) is 3. The van der Waals surface area contributed by atoms with Crippen LogP contribution in [0.4, 0.5) is 4.79 Å². The summed E-state index contributed by atoms with van der Waals surface area (Å²) in [4.78, 5) is 22.3. The normalized spacial score (nSPS) is 13.0. The molecule has 94 valence electrons. The molecule has 16 heavy (non-hydrogen) atoms. The van der Waals surface area contributed by atoms with Gasteiger partial charge in [-0.3, -0.25) is 0 Å². The highest BCUT2D eigenvalue weighted by molar-refractivity contribution is 7.98. The van der Waals surface area contributed by atoms with Crippen molar-refractivity contribution < 1.29 is 14.7 Å². The summed E-state index contributed by atoms with van der Waals surface area (Å²) in [5, 5.41) is 14.0. The first-order valence-corrected chi connectivity index (χ1v) is 6.46. The summed E-state index contributed by atoms with van der Waals surface area (Å²) < 4.78 is 0. The number of rotatable bonds is 5. The number of carbonyl (C=O) groups excluding carboxylic acids is 1. The minimum atomic E-state index is -1.00. The van der Waals surface area contributed by atoms with E-state index in [4.69, 9.17) is 5.11 Å². The smallest absolute Gasteiger partial charge is 0.326 e. The number of aliphatic carboxylic acids is 1. The largest absolute Gasteiger partial charge is 0.480 e. The van der Waals surface area contributed by atoms with Crippen molar-refractivity contribution in [1.82, 2.24) is 10.6 Å². The minimum absolute atomic E-state index is 0.368. The van der Waals surface area contributed by atoms with E-state index in [1.807, 2.05) is 27.0 Å². The number of carboxylic acids is 1. The summed E-state index contributed by atoms with van der Waals surface area (Å²) in [5.41, 5.74) is -0.368. The zero-order chi connectivity index (χ0) is 12.8. The molecular weight excluding hydrogens is 228 g/mol. The molecule has 1 atom stereocenters.